The average molecular weight is 368 g/mol. The van der Waals surface area contributed by atoms with Crippen LogP contribution in [0.4, 0.5) is 5.82 Å². The monoisotopic (exact) mass is 368 g/mol. The van der Waals surface area contributed by atoms with E-state index in [1.54, 1.807) is 18.5 Å². The van der Waals surface area contributed by atoms with Crippen molar-refractivity contribution in [3.8, 4) is 22.3 Å². The molecule has 2 heterocycles. The van der Waals surface area contributed by atoms with Gasteiger partial charge in [0.2, 0.25) is 0 Å². The lowest BCUT2D eigenvalue weighted by atomic mass is 10.00. The van der Waals surface area contributed by atoms with Crippen molar-refractivity contribution in [1.82, 2.24) is 15.2 Å². The molecule has 5 heteroatoms. The van der Waals surface area contributed by atoms with E-state index in [0.29, 0.717) is 11.4 Å². The maximum absolute atomic E-state index is 12.8. The van der Waals surface area contributed by atoms with Crippen molar-refractivity contribution in [2.45, 2.75) is 13.8 Å². The fourth-order valence-corrected chi connectivity index (χ4v) is 3.16. The largest absolute Gasteiger partial charge is 0.307 e. The number of aryl methyl sites for hydroxylation is 1. The second-order valence-electron chi connectivity index (χ2n) is 6.65. The van der Waals surface area contributed by atoms with E-state index in [4.69, 9.17) is 0 Å². The van der Waals surface area contributed by atoms with Gasteiger partial charge in [0.05, 0.1) is 6.20 Å². The van der Waals surface area contributed by atoms with Gasteiger partial charge in [0.25, 0.3) is 5.91 Å². The van der Waals surface area contributed by atoms with E-state index in [2.05, 4.69) is 32.6 Å². The highest BCUT2D eigenvalue weighted by Crippen LogP contribution is 2.27. The number of benzene rings is 2. The van der Waals surface area contributed by atoms with E-state index in [1.807, 2.05) is 56.3 Å². The van der Waals surface area contributed by atoms with Gasteiger partial charge in [-0.2, -0.15) is 5.10 Å². The number of carbonyl (C=O) groups is 1. The molecule has 0 bridgehead atoms. The van der Waals surface area contributed by atoms with Crippen LogP contribution in [-0.4, -0.2) is 21.1 Å². The standard InChI is InChI=1S/C23H20N4O/c1-15-16(2)26-22(12-21(15)17-7-4-3-5-8-17)27-23(28)19-10-6-9-18(11-19)20-13-24-25-14-20/h3-14H,1-2H3,(H,24,25)(H,26,27,28). The molecule has 0 saturated heterocycles. The number of anilines is 1. The summed E-state index contributed by atoms with van der Waals surface area (Å²) in [4.78, 5) is 17.4. The van der Waals surface area contributed by atoms with Crippen LogP contribution in [0.15, 0.2) is 73.1 Å². The van der Waals surface area contributed by atoms with Gasteiger partial charge in [-0.05, 0) is 54.3 Å². The predicted octanol–water partition coefficient (Wildman–Crippen LogP) is 5.01. The molecule has 2 aromatic carbocycles. The highest BCUT2D eigenvalue weighted by atomic mass is 16.1. The molecule has 0 unspecified atom stereocenters. The van der Waals surface area contributed by atoms with Crippen LogP contribution in [0, 0.1) is 13.8 Å². The number of amides is 1. The number of aromatic nitrogens is 3. The number of H-pyrrole nitrogens is 1. The Kier molecular flexibility index (Phi) is 4.72. The Balaban J connectivity index is 1.64. The van der Waals surface area contributed by atoms with Crippen LogP contribution in [0.2, 0.25) is 0 Å². The van der Waals surface area contributed by atoms with E-state index in [9.17, 15) is 4.79 Å². The van der Waals surface area contributed by atoms with Crippen LogP contribution < -0.4 is 5.32 Å². The van der Waals surface area contributed by atoms with Gasteiger partial charge in [0, 0.05) is 23.0 Å². The lowest BCUT2D eigenvalue weighted by molar-refractivity contribution is 0.102. The van der Waals surface area contributed by atoms with Crippen molar-refractivity contribution >= 4 is 11.7 Å². The van der Waals surface area contributed by atoms with E-state index in [1.165, 1.54) is 0 Å². The quantitative estimate of drug-likeness (QED) is 0.532. The van der Waals surface area contributed by atoms with E-state index in [0.717, 1.165) is 33.5 Å². The third-order valence-corrected chi connectivity index (χ3v) is 4.80. The first-order valence-electron chi connectivity index (χ1n) is 9.06. The molecule has 4 aromatic rings. The molecule has 0 fully saturated rings. The molecule has 0 radical (unpaired) electrons. The maximum Gasteiger partial charge on any atom is 0.256 e. The number of aromatic amines is 1. The second kappa shape index (κ2) is 7.48. The third kappa shape index (κ3) is 3.55. The molecule has 2 N–H and O–H groups in total. The molecule has 4 rings (SSSR count). The average Bonchev–Trinajstić information content (AvgIpc) is 3.26. The number of nitrogens with one attached hydrogen (secondary N) is 2. The zero-order valence-corrected chi connectivity index (χ0v) is 15.7. The maximum atomic E-state index is 12.8. The first-order valence-corrected chi connectivity index (χ1v) is 9.06. The third-order valence-electron chi connectivity index (χ3n) is 4.80. The predicted molar refractivity (Wildman–Crippen MR) is 111 cm³/mol. The molecule has 0 spiro atoms. The molecule has 0 aliphatic heterocycles. The zero-order valence-electron chi connectivity index (χ0n) is 15.7. The first kappa shape index (κ1) is 17.7. The zero-order chi connectivity index (χ0) is 19.5. The summed E-state index contributed by atoms with van der Waals surface area (Å²) in [6.07, 6.45) is 3.53. The number of hydrogen-bond acceptors (Lipinski definition) is 3. The summed E-state index contributed by atoms with van der Waals surface area (Å²) in [7, 11) is 0. The van der Waals surface area contributed by atoms with Crippen LogP contribution in [0.25, 0.3) is 22.3 Å². The van der Waals surface area contributed by atoms with E-state index >= 15 is 0 Å². The molecule has 0 saturated carbocycles. The van der Waals surface area contributed by atoms with E-state index in [-0.39, 0.29) is 5.91 Å². The Hall–Kier alpha value is -3.73. The molecule has 2 aromatic heterocycles. The van der Waals surface area contributed by atoms with Crippen LogP contribution in [0.3, 0.4) is 0 Å². The number of carbonyl (C=O) groups excluding carboxylic acids is 1. The lowest BCUT2D eigenvalue weighted by Gasteiger charge is -2.13. The van der Waals surface area contributed by atoms with Crippen molar-refractivity contribution in [2.75, 3.05) is 5.32 Å². The summed E-state index contributed by atoms with van der Waals surface area (Å²) in [5.74, 6) is 0.348. The minimum absolute atomic E-state index is 0.194. The fraction of sp³-hybridized carbons (Fsp3) is 0.0870. The van der Waals surface area contributed by atoms with Gasteiger partial charge >= 0.3 is 0 Å². The highest BCUT2D eigenvalue weighted by molar-refractivity contribution is 6.04. The van der Waals surface area contributed by atoms with Crippen LogP contribution in [-0.2, 0) is 0 Å². The fourth-order valence-electron chi connectivity index (χ4n) is 3.16. The number of hydrogen-bond donors (Lipinski definition) is 2. The van der Waals surface area contributed by atoms with Crippen molar-refractivity contribution < 1.29 is 4.79 Å². The lowest BCUT2D eigenvalue weighted by Crippen LogP contribution is -2.13. The SMILES string of the molecule is Cc1nc(NC(=O)c2cccc(-c3cn[nH]c3)c2)cc(-c2ccccc2)c1C. The van der Waals surface area contributed by atoms with Crippen molar-refractivity contribution in [2.24, 2.45) is 0 Å². The topological polar surface area (TPSA) is 70.7 Å². The smallest absolute Gasteiger partial charge is 0.256 e. The van der Waals surface area contributed by atoms with Crippen molar-refractivity contribution in [3.05, 3.63) is 89.9 Å². The summed E-state index contributed by atoms with van der Waals surface area (Å²) in [5, 5.41) is 9.69. The van der Waals surface area contributed by atoms with Gasteiger partial charge in [-0.1, -0.05) is 42.5 Å². The number of pyridine rings is 1. The molecular weight excluding hydrogens is 348 g/mol. The normalized spacial score (nSPS) is 10.6. The summed E-state index contributed by atoms with van der Waals surface area (Å²) < 4.78 is 0. The molecule has 1 amide bonds. The minimum atomic E-state index is -0.194. The molecule has 0 aliphatic carbocycles. The Bertz CT molecular complexity index is 1120. The van der Waals surface area contributed by atoms with Gasteiger partial charge in [-0.3, -0.25) is 9.89 Å². The molecule has 0 atom stereocenters. The Morgan fingerprint density at radius 1 is 0.929 bits per heavy atom. The summed E-state index contributed by atoms with van der Waals surface area (Å²) in [6.45, 7) is 4.00. The molecule has 28 heavy (non-hydrogen) atoms. The summed E-state index contributed by atoms with van der Waals surface area (Å²) in [5.41, 5.74) is 6.60. The summed E-state index contributed by atoms with van der Waals surface area (Å²) >= 11 is 0. The highest BCUT2D eigenvalue weighted by Gasteiger charge is 2.12. The molecule has 5 nitrogen and oxygen atoms in total. The first-order chi connectivity index (χ1) is 13.6. The second-order valence-corrected chi connectivity index (χ2v) is 6.65. The Labute approximate surface area is 163 Å². The number of rotatable bonds is 4. The van der Waals surface area contributed by atoms with Gasteiger partial charge in [0.15, 0.2) is 0 Å². The molecule has 0 aliphatic rings. The molecular formula is C23H20N4O. The van der Waals surface area contributed by atoms with Gasteiger partial charge in [-0.25, -0.2) is 4.98 Å². The van der Waals surface area contributed by atoms with Crippen LogP contribution >= 0.6 is 0 Å². The van der Waals surface area contributed by atoms with Gasteiger partial charge in [-0.15, -0.1) is 0 Å². The van der Waals surface area contributed by atoms with Crippen LogP contribution in [0.5, 0.6) is 0 Å². The number of nitrogens with zero attached hydrogens (tertiary/aromatic N) is 2. The van der Waals surface area contributed by atoms with Crippen molar-refractivity contribution in [1.29, 1.82) is 0 Å². The summed E-state index contributed by atoms with van der Waals surface area (Å²) in [6, 6.07) is 19.5. The Morgan fingerprint density at radius 3 is 2.46 bits per heavy atom. The Morgan fingerprint density at radius 2 is 1.71 bits per heavy atom. The van der Waals surface area contributed by atoms with E-state index < -0.39 is 0 Å². The van der Waals surface area contributed by atoms with Crippen molar-refractivity contribution in [3.63, 3.8) is 0 Å². The minimum Gasteiger partial charge on any atom is -0.307 e. The molecule has 138 valence electrons. The van der Waals surface area contributed by atoms with Gasteiger partial charge < -0.3 is 5.32 Å². The van der Waals surface area contributed by atoms with Crippen LogP contribution in [0.1, 0.15) is 21.6 Å². The van der Waals surface area contributed by atoms with Gasteiger partial charge in [0.1, 0.15) is 5.82 Å².